The van der Waals surface area contributed by atoms with Crippen molar-refractivity contribution in [1.29, 1.82) is 0 Å². The number of anilines is 1. The highest BCUT2D eigenvalue weighted by molar-refractivity contribution is 5.93. The SMILES string of the molecule is COc1cc2c(cc1O[C@H]1CCNC1=O)c(N)nc1cncn12. The first-order valence-corrected chi connectivity index (χ1v) is 7.21. The minimum absolute atomic E-state index is 0.122. The van der Waals surface area contributed by atoms with Crippen LogP contribution in [0.1, 0.15) is 6.42 Å². The molecule has 118 valence electrons. The van der Waals surface area contributed by atoms with Gasteiger partial charge in [-0.25, -0.2) is 9.97 Å². The average Bonchev–Trinajstić information content (AvgIpc) is 3.16. The molecule has 0 saturated carbocycles. The molecule has 1 aromatic carbocycles. The van der Waals surface area contributed by atoms with E-state index in [9.17, 15) is 4.79 Å². The zero-order chi connectivity index (χ0) is 16.0. The Bertz CT molecular complexity index is 920. The van der Waals surface area contributed by atoms with Gasteiger partial charge in [0.1, 0.15) is 12.1 Å². The number of nitrogens with two attached hydrogens (primary N) is 1. The third-order valence-electron chi connectivity index (χ3n) is 3.94. The van der Waals surface area contributed by atoms with Crippen LogP contribution in [0.3, 0.4) is 0 Å². The fourth-order valence-corrected chi connectivity index (χ4v) is 2.78. The Morgan fingerprint density at radius 2 is 2.26 bits per heavy atom. The quantitative estimate of drug-likeness (QED) is 0.739. The van der Waals surface area contributed by atoms with Crippen molar-refractivity contribution in [3.05, 3.63) is 24.7 Å². The van der Waals surface area contributed by atoms with Gasteiger partial charge in [0.05, 0.1) is 18.8 Å². The second-order valence-corrected chi connectivity index (χ2v) is 5.33. The Morgan fingerprint density at radius 3 is 3.00 bits per heavy atom. The van der Waals surface area contributed by atoms with Crippen LogP contribution in [0.25, 0.3) is 16.6 Å². The van der Waals surface area contributed by atoms with Gasteiger partial charge in [-0.3, -0.25) is 9.20 Å². The first kappa shape index (κ1) is 13.6. The molecule has 3 aromatic rings. The predicted molar refractivity (Wildman–Crippen MR) is 83.5 cm³/mol. The number of ether oxygens (including phenoxy) is 2. The fourth-order valence-electron chi connectivity index (χ4n) is 2.78. The van der Waals surface area contributed by atoms with Crippen molar-refractivity contribution in [2.24, 2.45) is 0 Å². The van der Waals surface area contributed by atoms with E-state index in [2.05, 4.69) is 15.3 Å². The third-order valence-corrected chi connectivity index (χ3v) is 3.94. The molecule has 1 atom stereocenters. The van der Waals surface area contributed by atoms with E-state index in [-0.39, 0.29) is 5.91 Å². The molecule has 2 aromatic heterocycles. The van der Waals surface area contributed by atoms with Gasteiger partial charge in [-0.15, -0.1) is 0 Å². The molecule has 0 radical (unpaired) electrons. The van der Waals surface area contributed by atoms with Crippen LogP contribution in [-0.4, -0.2) is 40.0 Å². The lowest BCUT2D eigenvalue weighted by Gasteiger charge is -2.16. The number of hydrogen-bond acceptors (Lipinski definition) is 6. The van der Waals surface area contributed by atoms with Crippen molar-refractivity contribution in [2.75, 3.05) is 19.4 Å². The summed E-state index contributed by atoms with van der Waals surface area (Å²) in [4.78, 5) is 20.1. The summed E-state index contributed by atoms with van der Waals surface area (Å²) >= 11 is 0. The molecule has 4 rings (SSSR count). The van der Waals surface area contributed by atoms with E-state index in [0.29, 0.717) is 41.3 Å². The molecule has 8 nitrogen and oxygen atoms in total. The van der Waals surface area contributed by atoms with Gasteiger partial charge in [0, 0.05) is 24.4 Å². The third kappa shape index (κ3) is 2.10. The standard InChI is InChI=1S/C15H15N5O3/c1-22-11-5-9-8(14(16)19-13-6-17-7-20(9)13)4-12(11)23-10-2-3-18-15(10)21/h4-7,10H,2-3H2,1H3,(H2,16,19)(H,18,21)/t10-/m0/s1. The lowest BCUT2D eigenvalue weighted by Crippen LogP contribution is -2.27. The number of nitrogen functional groups attached to an aromatic ring is 1. The number of methoxy groups -OCH3 is 1. The number of benzene rings is 1. The van der Waals surface area contributed by atoms with Gasteiger partial charge in [-0.05, 0) is 6.07 Å². The fraction of sp³-hybridized carbons (Fsp3) is 0.267. The number of nitrogens with zero attached hydrogens (tertiary/aromatic N) is 3. The van der Waals surface area contributed by atoms with Crippen molar-refractivity contribution in [3.63, 3.8) is 0 Å². The van der Waals surface area contributed by atoms with Crippen molar-refractivity contribution >= 4 is 28.3 Å². The molecular formula is C15H15N5O3. The molecule has 0 aliphatic carbocycles. The minimum atomic E-state index is -0.521. The van der Waals surface area contributed by atoms with E-state index < -0.39 is 6.10 Å². The molecule has 1 fully saturated rings. The zero-order valence-corrected chi connectivity index (χ0v) is 12.4. The first-order valence-electron chi connectivity index (χ1n) is 7.21. The van der Waals surface area contributed by atoms with Gasteiger partial charge < -0.3 is 20.5 Å². The highest BCUT2D eigenvalue weighted by Crippen LogP contribution is 2.35. The number of carbonyl (C=O) groups is 1. The lowest BCUT2D eigenvalue weighted by atomic mass is 10.2. The van der Waals surface area contributed by atoms with Crippen LogP contribution in [-0.2, 0) is 4.79 Å². The lowest BCUT2D eigenvalue weighted by molar-refractivity contribution is -0.124. The monoisotopic (exact) mass is 313 g/mol. The molecule has 0 bridgehead atoms. The van der Waals surface area contributed by atoms with Gasteiger partial charge in [0.15, 0.2) is 23.3 Å². The molecule has 1 saturated heterocycles. The topological polar surface area (TPSA) is 104 Å². The van der Waals surface area contributed by atoms with Crippen LogP contribution in [0.5, 0.6) is 11.5 Å². The molecule has 1 amide bonds. The highest BCUT2D eigenvalue weighted by atomic mass is 16.5. The van der Waals surface area contributed by atoms with Crippen LogP contribution < -0.4 is 20.5 Å². The normalized spacial score (nSPS) is 17.6. The molecule has 8 heteroatoms. The van der Waals surface area contributed by atoms with Crippen molar-refractivity contribution in [2.45, 2.75) is 12.5 Å². The second kappa shape index (κ2) is 5.01. The summed E-state index contributed by atoms with van der Waals surface area (Å²) in [5.74, 6) is 1.24. The zero-order valence-electron chi connectivity index (χ0n) is 12.4. The number of rotatable bonds is 3. The Hall–Kier alpha value is -3.03. The van der Waals surface area contributed by atoms with E-state index in [1.165, 1.54) is 0 Å². The minimum Gasteiger partial charge on any atom is -0.493 e. The molecular weight excluding hydrogens is 298 g/mol. The summed E-state index contributed by atoms with van der Waals surface area (Å²) < 4.78 is 13.1. The van der Waals surface area contributed by atoms with Crippen LogP contribution in [0, 0.1) is 0 Å². The van der Waals surface area contributed by atoms with E-state index >= 15 is 0 Å². The predicted octanol–water partition coefficient (Wildman–Crippen LogP) is 0.741. The van der Waals surface area contributed by atoms with E-state index in [0.717, 1.165) is 5.52 Å². The number of aromatic nitrogens is 3. The number of imidazole rings is 1. The Labute approximate surface area is 131 Å². The largest absolute Gasteiger partial charge is 0.493 e. The molecule has 0 spiro atoms. The summed E-state index contributed by atoms with van der Waals surface area (Å²) in [5.41, 5.74) is 7.51. The summed E-state index contributed by atoms with van der Waals surface area (Å²) in [5, 5.41) is 3.46. The van der Waals surface area contributed by atoms with Crippen LogP contribution >= 0.6 is 0 Å². The van der Waals surface area contributed by atoms with Gasteiger partial charge >= 0.3 is 0 Å². The Kier molecular flexibility index (Phi) is 2.97. The number of fused-ring (bicyclic) bond motifs is 3. The Balaban J connectivity index is 1.89. The Morgan fingerprint density at radius 1 is 1.39 bits per heavy atom. The van der Waals surface area contributed by atoms with E-state index in [4.69, 9.17) is 15.2 Å². The maximum absolute atomic E-state index is 11.7. The second-order valence-electron chi connectivity index (χ2n) is 5.33. The van der Waals surface area contributed by atoms with Crippen LogP contribution in [0.15, 0.2) is 24.7 Å². The van der Waals surface area contributed by atoms with Crippen LogP contribution in [0.2, 0.25) is 0 Å². The smallest absolute Gasteiger partial charge is 0.261 e. The summed E-state index contributed by atoms with van der Waals surface area (Å²) in [6.45, 7) is 0.610. The first-order chi connectivity index (χ1) is 11.2. The molecule has 1 aliphatic heterocycles. The summed E-state index contributed by atoms with van der Waals surface area (Å²) in [7, 11) is 1.55. The average molecular weight is 313 g/mol. The number of carbonyl (C=O) groups excluding carboxylic acids is 1. The number of hydrogen-bond donors (Lipinski definition) is 2. The van der Waals surface area contributed by atoms with Gasteiger partial charge in [0.25, 0.3) is 5.91 Å². The van der Waals surface area contributed by atoms with Crippen molar-refractivity contribution < 1.29 is 14.3 Å². The van der Waals surface area contributed by atoms with E-state index in [1.54, 1.807) is 25.7 Å². The molecule has 3 heterocycles. The van der Waals surface area contributed by atoms with Gasteiger partial charge in [-0.1, -0.05) is 0 Å². The molecule has 23 heavy (non-hydrogen) atoms. The van der Waals surface area contributed by atoms with Crippen LogP contribution in [0.4, 0.5) is 5.82 Å². The number of nitrogens with one attached hydrogen (secondary N) is 1. The molecule has 0 unspecified atom stereocenters. The van der Waals surface area contributed by atoms with E-state index in [1.807, 2.05) is 10.5 Å². The van der Waals surface area contributed by atoms with Gasteiger partial charge in [-0.2, -0.15) is 0 Å². The maximum Gasteiger partial charge on any atom is 0.261 e. The summed E-state index contributed by atoms with van der Waals surface area (Å²) in [6.07, 6.45) is 3.39. The molecule has 1 aliphatic rings. The highest BCUT2D eigenvalue weighted by Gasteiger charge is 2.27. The maximum atomic E-state index is 11.7. The van der Waals surface area contributed by atoms with Gasteiger partial charge in [0.2, 0.25) is 0 Å². The molecule has 3 N–H and O–H groups in total. The van der Waals surface area contributed by atoms with Crippen molar-refractivity contribution in [3.8, 4) is 11.5 Å². The van der Waals surface area contributed by atoms with Crippen molar-refractivity contribution in [1.82, 2.24) is 19.7 Å². The number of amides is 1. The summed E-state index contributed by atoms with van der Waals surface area (Å²) in [6, 6.07) is 3.56.